The van der Waals surface area contributed by atoms with E-state index < -0.39 is 0 Å². The first-order valence-electron chi connectivity index (χ1n) is 6.50. The van der Waals surface area contributed by atoms with Crippen LogP contribution in [0.5, 0.6) is 0 Å². The molecule has 100 valence electrons. The summed E-state index contributed by atoms with van der Waals surface area (Å²) in [6.07, 6.45) is 0.700. The summed E-state index contributed by atoms with van der Waals surface area (Å²) in [5, 5.41) is 3.19. The van der Waals surface area contributed by atoms with Gasteiger partial charge in [-0.15, -0.1) is 0 Å². The van der Waals surface area contributed by atoms with Crippen LogP contribution in [0.4, 0.5) is 10.1 Å². The molecule has 3 N–H and O–H groups in total. The molecule has 3 heteroatoms. The molecule has 0 radical (unpaired) electrons. The topological polar surface area (TPSA) is 38.0 Å². The number of hydrogen-bond acceptors (Lipinski definition) is 2. The molecule has 0 amide bonds. The maximum Gasteiger partial charge on any atom is 0.146 e. The van der Waals surface area contributed by atoms with Crippen molar-refractivity contribution in [3.63, 3.8) is 0 Å². The van der Waals surface area contributed by atoms with Crippen LogP contribution in [-0.4, -0.2) is 6.54 Å². The van der Waals surface area contributed by atoms with Crippen LogP contribution in [0, 0.1) is 5.82 Å². The van der Waals surface area contributed by atoms with Gasteiger partial charge in [0, 0.05) is 6.04 Å². The van der Waals surface area contributed by atoms with Gasteiger partial charge in [-0.25, -0.2) is 4.39 Å². The molecule has 0 spiro atoms. The smallest absolute Gasteiger partial charge is 0.146 e. The number of rotatable bonds is 5. The molecular weight excluding hydrogens is 239 g/mol. The summed E-state index contributed by atoms with van der Waals surface area (Å²) in [5.74, 6) is -0.228. The highest BCUT2D eigenvalue weighted by molar-refractivity contribution is 5.48. The molecule has 2 nitrogen and oxygen atoms in total. The van der Waals surface area contributed by atoms with Crippen molar-refractivity contribution >= 4 is 5.69 Å². The zero-order chi connectivity index (χ0) is 13.7. The molecule has 1 unspecified atom stereocenters. The van der Waals surface area contributed by atoms with Gasteiger partial charge in [0.2, 0.25) is 0 Å². The predicted molar refractivity (Wildman–Crippen MR) is 77.6 cm³/mol. The number of nitrogens with one attached hydrogen (secondary N) is 1. The van der Waals surface area contributed by atoms with Gasteiger partial charge < -0.3 is 11.1 Å². The van der Waals surface area contributed by atoms with E-state index >= 15 is 0 Å². The molecule has 0 bridgehead atoms. The van der Waals surface area contributed by atoms with E-state index in [2.05, 4.69) is 5.32 Å². The molecule has 1 atom stereocenters. The van der Waals surface area contributed by atoms with E-state index in [-0.39, 0.29) is 11.9 Å². The van der Waals surface area contributed by atoms with Gasteiger partial charge in [-0.3, -0.25) is 0 Å². The lowest BCUT2D eigenvalue weighted by Gasteiger charge is -2.16. The zero-order valence-corrected chi connectivity index (χ0v) is 11.1. The number of anilines is 1. The molecule has 0 saturated carbocycles. The zero-order valence-electron chi connectivity index (χ0n) is 11.1. The van der Waals surface area contributed by atoms with Crippen LogP contribution in [0.3, 0.4) is 0 Å². The highest BCUT2D eigenvalue weighted by Crippen LogP contribution is 2.22. The second-order valence-electron chi connectivity index (χ2n) is 4.63. The average Bonchev–Trinajstić information content (AvgIpc) is 2.43. The first kappa shape index (κ1) is 13.6. The van der Waals surface area contributed by atoms with Gasteiger partial charge in [0.05, 0.1) is 5.69 Å². The van der Waals surface area contributed by atoms with E-state index in [4.69, 9.17) is 5.73 Å². The van der Waals surface area contributed by atoms with Crippen LogP contribution in [0.25, 0.3) is 0 Å². The summed E-state index contributed by atoms with van der Waals surface area (Å²) in [6.45, 7) is 2.55. The lowest BCUT2D eigenvalue weighted by atomic mass is 10.1. The Kier molecular flexibility index (Phi) is 4.53. The van der Waals surface area contributed by atoms with Crippen LogP contribution < -0.4 is 11.1 Å². The van der Waals surface area contributed by atoms with Crippen molar-refractivity contribution in [1.82, 2.24) is 0 Å². The standard InChI is InChI=1S/C16H19FN2/c1-12(14-5-3-2-4-6-14)19-16-8-7-13(9-10-18)11-15(16)17/h2-8,11-12,19H,9-10,18H2,1H3. The largest absolute Gasteiger partial charge is 0.376 e. The van der Waals surface area contributed by atoms with Gasteiger partial charge in [0.1, 0.15) is 5.82 Å². The van der Waals surface area contributed by atoms with Gasteiger partial charge in [-0.1, -0.05) is 36.4 Å². The van der Waals surface area contributed by atoms with E-state index in [1.807, 2.05) is 43.3 Å². The summed E-state index contributed by atoms with van der Waals surface area (Å²) >= 11 is 0. The normalized spacial score (nSPS) is 12.2. The third-order valence-electron chi connectivity index (χ3n) is 3.14. The summed E-state index contributed by atoms with van der Waals surface area (Å²) in [7, 11) is 0. The minimum atomic E-state index is -0.228. The van der Waals surface area contributed by atoms with Crippen molar-refractivity contribution in [1.29, 1.82) is 0 Å². The third kappa shape index (κ3) is 3.55. The second kappa shape index (κ2) is 6.34. The molecule has 0 fully saturated rings. The highest BCUT2D eigenvalue weighted by atomic mass is 19.1. The summed E-state index contributed by atoms with van der Waals surface area (Å²) in [6, 6.07) is 15.3. The Balaban J connectivity index is 2.11. The van der Waals surface area contributed by atoms with E-state index in [1.54, 1.807) is 12.1 Å². The lowest BCUT2D eigenvalue weighted by molar-refractivity contribution is 0.625. The molecule has 0 heterocycles. The van der Waals surface area contributed by atoms with Crippen molar-refractivity contribution in [2.75, 3.05) is 11.9 Å². The molecule has 2 aromatic carbocycles. The monoisotopic (exact) mass is 258 g/mol. The van der Waals surface area contributed by atoms with Crippen molar-refractivity contribution in [2.24, 2.45) is 5.73 Å². The Bertz CT molecular complexity index is 526. The maximum absolute atomic E-state index is 13.9. The molecule has 2 aromatic rings. The van der Waals surface area contributed by atoms with E-state index in [1.165, 1.54) is 0 Å². The first-order valence-corrected chi connectivity index (χ1v) is 6.50. The van der Waals surface area contributed by atoms with Gasteiger partial charge in [0.15, 0.2) is 0 Å². The van der Waals surface area contributed by atoms with Gasteiger partial charge in [-0.05, 0) is 43.1 Å². The Morgan fingerprint density at radius 1 is 1.16 bits per heavy atom. The van der Waals surface area contributed by atoms with Crippen LogP contribution in [0.2, 0.25) is 0 Å². The maximum atomic E-state index is 13.9. The third-order valence-corrected chi connectivity index (χ3v) is 3.14. The Hall–Kier alpha value is -1.87. The average molecular weight is 258 g/mol. The number of nitrogens with two attached hydrogens (primary N) is 1. The Morgan fingerprint density at radius 2 is 1.89 bits per heavy atom. The minimum Gasteiger partial charge on any atom is -0.376 e. The highest BCUT2D eigenvalue weighted by Gasteiger charge is 2.08. The fourth-order valence-electron chi connectivity index (χ4n) is 2.06. The number of hydrogen-bond donors (Lipinski definition) is 2. The first-order chi connectivity index (χ1) is 9.20. The summed E-state index contributed by atoms with van der Waals surface area (Å²) in [4.78, 5) is 0. The van der Waals surface area contributed by atoms with E-state index in [0.29, 0.717) is 18.7 Å². The summed E-state index contributed by atoms with van der Waals surface area (Å²) in [5.41, 5.74) is 8.05. The molecule has 0 aromatic heterocycles. The SMILES string of the molecule is CC(Nc1ccc(CCN)cc1F)c1ccccc1. The molecule has 2 rings (SSSR count). The predicted octanol–water partition coefficient (Wildman–Crippen LogP) is 3.50. The van der Waals surface area contributed by atoms with Gasteiger partial charge in [-0.2, -0.15) is 0 Å². The van der Waals surface area contributed by atoms with Crippen molar-refractivity contribution in [3.05, 3.63) is 65.5 Å². The Labute approximate surface area is 113 Å². The van der Waals surface area contributed by atoms with Gasteiger partial charge >= 0.3 is 0 Å². The molecule has 19 heavy (non-hydrogen) atoms. The second-order valence-corrected chi connectivity index (χ2v) is 4.63. The molecular formula is C16H19FN2. The van der Waals surface area contributed by atoms with Gasteiger partial charge in [0.25, 0.3) is 0 Å². The molecule has 0 aliphatic carbocycles. The molecule has 0 aliphatic rings. The fourth-order valence-corrected chi connectivity index (χ4v) is 2.06. The number of halogens is 1. The van der Waals surface area contributed by atoms with E-state index in [9.17, 15) is 4.39 Å². The van der Waals surface area contributed by atoms with Crippen LogP contribution >= 0.6 is 0 Å². The van der Waals surface area contributed by atoms with Crippen molar-refractivity contribution < 1.29 is 4.39 Å². The minimum absolute atomic E-state index is 0.0658. The Morgan fingerprint density at radius 3 is 2.53 bits per heavy atom. The molecule has 0 aliphatic heterocycles. The molecule has 0 saturated heterocycles. The number of benzene rings is 2. The quantitative estimate of drug-likeness (QED) is 0.861. The van der Waals surface area contributed by atoms with Crippen molar-refractivity contribution in [2.45, 2.75) is 19.4 Å². The van der Waals surface area contributed by atoms with E-state index in [0.717, 1.165) is 11.1 Å². The van der Waals surface area contributed by atoms with Crippen LogP contribution in [-0.2, 0) is 6.42 Å². The summed E-state index contributed by atoms with van der Waals surface area (Å²) < 4.78 is 13.9. The van der Waals surface area contributed by atoms with Crippen LogP contribution in [0.15, 0.2) is 48.5 Å². The lowest BCUT2D eigenvalue weighted by Crippen LogP contribution is -2.08. The fraction of sp³-hybridized carbons (Fsp3) is 0.250. The van der Waals surface area contributed by atoms with Crippen molar-refractivity contribution in [3.8, 4) is 0 Å². The van der Waals surface area contributed by atoms with Crippen LogP contribution in [0.1, 0.15) is 24.1 Å².